The van der Waals surface area contributed by atoms with Crippen LogP contribution in [0.25, 0.3) is 0 Å². The number of hydrogen-bond acceptors (Lipinski definition) is 2. The largest absolute Gasteiger partial charge is 0.382 e. The van der Waals surface area contributed by atoms with Crippen molar-refractivity contribution < 1.29 is 4.74 Å². The summed E-state index contributed by atoms with van der Waals surface area (Å²) in [7, 11) is 5.46. The average molecular weight is 169 g/mol. The van der Waals surface area contributed by atoms with E-state index in [1.807, 2.05) is 0 Å². The lowest BCUT2D eigenvalue weighted by molar-refractivity contribution is 0.00988. The zero-order chi connectivity index (χ0) is 9.35. The molecule has 12 heavy (non-hydrogen) atoms. The summed E-state index contributed by atoms with van der Waals surface area (Å²) in [5.41, 5.74) is 0.179. The van der Waals surface area contributed by atoms with Crippen molar-refractivity contribution in [1.29, 1.82) is 0 Å². The van der Waals surface area contributed by atoms with Crippen LogP contribution in [0.2, 0.25) is 5.82 Å². The Morgan fingerprint density at radius 2 is 2.08 bits per heavy atom. The Morgan fingerprint density at radius 3 is 2.50 bits per heavy atom. The van der Waals surface area contributed by atoms with Crippen molar-refractivity contribution in [2.45, 2.75) is 38.2 Å². The lowest BCUT2D eigenvalue weighted by Gasteiger charge is -2.19. The number of nitrogens with zero attached hydrogens (tertiary/aromatic N) is 1. The van der Waals surface area contributed by atoms with E-state index in [2.05, 4.69) is 39.8 Å². The van der Waals surface area contributed by atoms with Crippen molar-refractivity contribution in [1.82, 2.24) is 4.90 Å². The van der Waals surface area contributed by atoms with Gasteiger partial charge in [0.2, 0.25) is 0 Å². The minimum Gasteiger partial charge on any atom is -0.382 e. The summed E-state index contributed by atoms with van der Waals surface area (Å²) >= 11 is 0. The molecule has 0 aromatic rings. The maximum Gasteiger partial charge on any atom is 0.167 e. The predicted molar refractivity (Wildman–Crippen MR) is 54.1 cm³/mol. The lowest BCUT2D eigenvalue weighted by atomic mass is 9.98. The van der Waals surface area contributed by atoms with Crippen LogP contribution >= 0.6 is 0 Å². The molecule has 1 aliphatic rings. The molecule has 1 heterocycles. The van der Waals surface area contributed by atoms with Crippen LogP contribution in [0.3, 0.4) is 0 Å². The molecule has 1 saturated heterocycles. The highest BCUT2D eigenvalue weighted by Gasteiger charge is 2.53. The molecule has 70 valence electrons. The van der Waals surface area contributed by atoms with Gasteiger partial charge >= 0.3 is 0 Å². The van der Waals surface area contributed by atoms with E-state index in [1.165, 1.54) is 7.28 Å². The third-order valence-electron chi connectivity index (χ3n) is 2.45. The number of hydrogen-bond donors (Lipinski definition) is 0. The van der Waals surface area contributed by atoms with Gasteiger partial charge in [-0.2, -0.15) is 0 Å². The van der Waals surface area contributed by atoms with Gasteiger partial charge in [0.1, 0.15) is 0 Å². The van der Waals surface area contributed by atoms with Gasteiger partial charge in [-0.15, -0.1) is 0 Å². The van der Waals surface area contributed by atoms with Gasteiger partial charge in [-0.3, -0.25) is 0 Å². The quantitative estimate of drug-likeness (QED) is 0.580. The van der Waals surface area contributed by atoms with Gasteiger partial charge in [0.25, 0.3) is 0 Å². The fourth-order valence-electron chi connectivity index (χ4n) is 1.81. The van der Waals surface area contributed by atoms with Crippen molar-refractivity contribution in [3.63, 3.8) is 0 Å². The summed E-state index contributed by atoms with van der Waals surface area (Å²) in [6.07, 6.45) is 0.363. The number of rotatable bonds is 4. The van der Waals surface area contributed by atoms with Crippen LogP contribution in [-0.2, 0) is 4.74 Å². The van der Waals surface area contributed by atoms with Crippen LogP contribution in [0.1, 0.15) is 20.8 Å². The van der Waals surface area contributed by atoms with Gasteiger partial charge in [0, 0.05) is 5.50 Å². The molecule has 0 aliphatic carbocycles. The smallest absolute Gasteiger partial charge is 0.167 e. The second-order valence-corrected chi connectivity index (χ2v) is 4.64. The van der Waals surface area contributed by atoms with Gasteiger partial charge in [-0.1, -0.05) is 0 Å². The lowest BCUT2D eigenvalue weighted by Crippen LogP contribution is -2.21. The molecule has 0 N–H and O–H groups in total. The first kappa shape index (κ1) is 10.1. The summed E-state index contributed by atoms with van der Waals surface area (Å²) in [6, 6.07) is 0. The van der Waals surface area contributed by atoms with Crippen LogP contribution in [0.15, 0.2) is 0 Å². The fourth-order valence-corrected chi connectivity index (χ4v) is 1.81. The first-order chi connectivity index (χ1) is 5.44. The van der Waals surface area contributed by atoms with Crippen LogP contribution in [-0.4, -0.2) is 44.4 Å². The summed E-state index contributed by atoms with van der Waals surface area (Å²) < 4.78 is 5.84. The minimum atomic E-state index is 0.179. The Hall–Kier alpha value is -0.0151. The first-order valence-electron chi connectivity index (χ1n) is 4.76. The molecule has 1 aliphatic heterocycles. The fraction of sp³-hybridized carbons (Fsp3) is 1.00. The van der Waals surface area contributed by atoms with Crippen molar-refractivity contribution in [3.05, 3.63) is 0 Å². The summed E-state index contributed by atoms with van der Waals surface area (Å²) in [4.78, 5) is 2.24. The maximum atomic E-state index is 5.84. The molecule has 1 fully saturated rings. The van der Waals surface area contributed by atoms with E-state index in [9.17, 15) is 0 Å². The van der Waals surface area contributed by atoms with E-state index in [1.54, 1.807) is 0 Å². The third kappa shape index (κ3) is 2.49. The molecule has 0 aromatic heterocycles. The Balaban J connectivity index is 2.28. The van der Waals surface area contributed by atoms with E-state index >= 15 is 0 Å². The Morgan fingerprint density at radius 1 is 1.50 bits per heavy atom. The van der Waals surface area contributed by atoms with Gasteiger partial charge in [-0.05, 0) is 47.2 Å². The van der Waals surface area contributed by atoms with Crippen molar-refractivity contribution in [3.8, 4) is 0 Å². The topological polar surface area (TPSA) is 12.5 Å². The summed E-state index contributed by atoms with van der Waals surface area (Å²) in [5.74, 6) is 0.745. The van der Waals surface area contributed by atoms with Crippen LogP contribution in [0.4, 0.5) is 0 Å². The number of ether oxygens (including phenoxy) is 1. The van der Waals surface area contributed by atoms with Gasteiger partial charge in [0.15, 0.2) is 7.28 Å². The van der Waals surface area contributed by atoms with Gasteiger partial charge in [-0.25, -0.2) is 0 Å². The van der Waals surface area contributed by atoms with E-state index in [0.29, 0.717) is 6.10 Å². The zero-order valence-corrected chi connectivity index (χ0v) is 8.92. The van der Waals surface area contributed by atoms with Crippen molar-refractivity contribution >= 4 is 7.28 Å². The molecule has 2 unspecified atom stereocenters. The normalized spacial score (nSPS) is 34.1. The molecule has 0 bridgehead atoms. The van der Waals surface area contributed by atoms with Crippen molar-refractivity contribution in [2.75, 3.05) is 20.6 Å². The average Bonchev–Trinajstić information content (AvgIpc) is 2.36. The highest BCUT2D eigenvalue weighted by molar-refractivity contribution is 6.56. The highest BCUT2D eigenvalue weighted by atomic mass is 16.5. The molecule has 0 saturated carbocycles. The Labute approximate surface area is 76.5 Å². The van der Waals surface area contributed by atoms with Gasteiger partial charge in [0.05, 0.1) is 6.10 Å². The molecule has 0 radical (unpaired) electrons. The molecule has 1 rings (SSSR count). The van der Waals surface area contributed by atoms with E-state index in [4.69, 9.17) is 4.74 Å². The monoisotopic (exact) mass is 169 g/mol. The van der Waals surface area contributed by atoms with Crippen molar-refractivity contribution in [2.24, 2.45) is 0 Å². The SMILES string of the molecule is CC(C)OC1(C)BC1CN(C)C. The second-order valence-electron chi connectivity index (χ2n) is 4.64. The second kappa shape index (κ2) is 3.39. The summed E-state index contributed by atoms with van der Waals surface area (Å²) in [6.45, 7) is 7.59. The predicted octanol–water partition coefficient (Wildman–Crippen LogP) is 0.928. The Bertz CT molecular complexity index is 161. The molecule has 2 nitrogen and oxygen atoms in total. The van der Waals surface area contributed by atoms with E-state index in [0.717, 1.165) is 12.4 Å². The molecule has 0 aromatic carbocycles. The van der Waals surface area contributed by atoms with Crippen LogP contribution in [0.5, 0.6) is 0 Å². The minimum absolute atomic E-state index is 0.179. The third-order valence-corrected chi connectivity index (χ3v) is 2.45. The molecular weight excluding hydrogens is 149 g/mol. The first-order valence-corrected chi connectivity index (χ1v) is 4.76. The summed E-state index contributed by atoms with van der Waals surface area (Å²) in [5, 5.41) is 0. The molecule has 0 amide bonds. The maximum absolute atomic E-state index is 5.84. The standard InChI is InChI=1S/C9H20BNO/c1-7(2)12-9(3)8(10-9)6-11(4)5/h7-8,10H,6H2,1-5H3. The van der Waals surface area contributed by atoms with E-state index in [-0.39, 0.29) is 5.50 Å². The Kier molecular flexibility index (Phi) is 2.84. The zero-order valence-electron chi connectivity index (χ0n) is 8.92. The molecular formula is C9H20BNO. The highest BCUT2D eigenvalue weighted by Crippen LogP contribution is 2.43. The van der Waals surface area contributed by atoms with Gasteiger partial charge < -0.3 is 9.64 Å². The van der Waals surface area contributed by atoms with Crippen LogP contribution in [0, 0.1) is 0 Å². The molecule has 3 heteroatoms. The molecule has 2 atom stereocenters. The van der Waals surface area contributed by atoms with Crippen LogP contribution < -0.4 is 0 Å². The molecule has 0 spiro atoms. The van der Waals surface area contributed by atoms with E-state index < -0.39 is 0 Å².